The Kier molecular flexibility index (Phi) is 6.25. The summed E-state index contributed by atoms with van der Waals surface area (Å²) in [5, 5.41) is 0. The van der Waals surface area contributed by atoms with Gasteiger partial charge in [-0.05, 0) is 12.5 Å². The number of para-hydroxylation sites is 1. The number of ether oxygens (including phenoxy) is 1. The summed E-state index contributed by atoms with van der Waals surface area (Å²) in [5.41, 5.74) is 6.63. The summed E-state index contributed by atoms with van der Waals surface area (Å²) in [6, 6.07) is 7.15. The van der Waals surface area contributed by atoms with Gasteiger partial charge in [-0.2, -0.15) is 0 Å². The van der Waals surface area contributed by atoms with Crippen LogP contribution < -0.4 is 10.5 Å². The van der Waals surface area contributed by atoms with E-state index in [1.54, 1.807) is 7.11 Å². The molecule has 4 heteroatoms. The van der Waals surface area contributed by atoms with Gasteiger partial charge in [0.25, 0.3) is 0 Å². The van der Waals surface area contributed by atoms with E-state index in [0.717, 1.165) is 11.3 Å². The van der Waals surface area contributed by atoms with Gasteiger partial charge in [0.2, 0.25) is 0 Å². The number of rotatable bonds is 4. The molecule has 0 aromatic heterocycles. The lowest BCUT2D eigenvalue weighted by Gasteiger charge is -2.13. The van der Waals surface area contributed by atoms with Crippen LogP contribution >= 0.6 is 12.4 Å². The maximum Gasteiger partial charge on any atom is 0.123 e. The first-order valence-electron chi connectivity index (χ1n) is 4.24. The van der Waals surface area contributed by atoms with Crippen molar-refractivity contribution >= 4 is 12.4 Å². The van der Waals surface area contributed by atoms with E-state index in [4.69, 9.17) is 10.5 Å². The molecule has 0 bridgehead atoms. The fourth-order valence-corrected chi connectivity index (χ4v) is 1.25. The zero-order valence-corrected chi connectivity index (χ0v) is 8.89. The van der Waals surface area contributed by atoms with E-state index in [-0.39, 0.29) is 18.4 Å². The fourth-order valence-electron chi connectivity index (χ4n) is 1.25. The second kappa shape index (κ2) is 6.62. The first-order valence-corrected chi connectivity index (χ1v) is 4.24. The van der Waals surface area contributed by atoms with Crippen molar-refractivity contribution in [3.05, 3.63) is 29.8 Å². The molecular weight excluding hydrogens is 205 g/mol. The maximum atomic E-state index is 12.0. The van der Waals surface area contributed by atoms with Crippen molar-refractivity contribution < 1.29 is 9.13 Å². The van der Waals surface area contributed by atoms with E-state index in [1.807, 2.05) is 24.3 Å². The van der Waals surface area contributed by atoms with Crippen LogP contribution in [0.4, 0.5) is 4.39 Å². The molecule has 0 aliphatic heterocycles. The molecule has 0 spiro atoms. The molecule has 0 fully saturated rings. The molecule has 0 saturated carbocycles. The summed E-state index contributed by atoms with van der Waals surface area (Å²) in [7, 11) is 1.58. The molecule has 0 radical (unpaired) electrons. The Hall–Kier alpha value is -0.800. The SMILES string of the molecule is COc1ccccc1[C@@H](N)CCF.Cl. The number of alkyl halides is 1. The molecule has 0 aliphatic rings. The van der Waals surface area contributed by atoms with E-state index in [0.29, 0.717) is 6.42 Å². The monoisotopic (exact) mass is 219 g/mol. The Morgan fingerprint density at radius 3 is 2.64 bits per heavy atom. The summed E-state index contributed by atoms with van der Waals surface area (Å²) in [4.78, 5) is 0. The number of halogens is 2. The van der Waals surface area contributed by atoms with Gasteiger partial charge in [0, 0.05) is 11.6 Å². The van der Waals surface area contributed by atoms with Gasteiger partial charge in [-0.25, -0.2) is 0 Å². The van der Waals surface area contributed by atoms with Crippen molar-refractivity contribution in [1.82, 2.24) is 0 Å². The predicted octanol–water partition coefficient (Wildman–Crippen LogP) is 2.48. The summed E-state index contributed by atoms with van der Waals surface area (Å²) in [6.45, 7) is -0.404. The molecule has 0 heterocycles. The number of hydrogen-bond acceptors (Lipinski definition) is 2. The molecule has 14 heavy (non-hydrogen) atoms. The van der Waals surface area contributed by atoms with Crippen molar-refractivity contribution in [2.24, 2.45) is 5.73 Å². The third-order valence-electron chi connectivity index (χ3n) is 1.96. The topological polar surface area (TPSA) is 35.2 Å². The van der Waals surface area contributed by atoms with E-state index in [9.17, 15) is 4.39 Å². The predicted molar refractivity (Wildman–Crippen MR) is 57.8 cm³/mol. The normalized spacial score (nSPS) is 11.6. The van der Waals surface area contributed by atoms with Gasteiger partial charge in [0.1, 0.15) is 5.75 Å². The third kappa shape index (κ3) is 3.16. The molecule has 1 aromatic carbocycles. The largest absolute Gasteiger partial charge is 0.496 e. The van der Waals surface area contributed by atoms with E-state index < -0.39 is 6.67 Å². The molecule has 80 valence electrons. The van der Waals surface area contributed by atoms with Crippen LogP contribution in [0.25, 0.3) is 0 Å². The maximum absolute atomic E-state index is 12.0. The summed E-state index contributed by atoms with van der Waals surface area (Å²) < 4.78 is 17.2. The Balaban J connectivity index is 0.00000169. The minimum Gasteiger partial charge on any atom is -0.496 e. The molecule has 1 rings (SSSR count). The number of methoxy groups -OCH3 is 1. The number of benzene rings is 1. The minimum atomic E-state index is -0.404. The van der Waals surface area contributed by atoms with E-state index in [1.165, 1.54) is 0 Å². The molecule has 0 amide bonds. The Labute approximate surface area is 89.7 Å². The lowest BCUT2D eigenvalue weighted by Crippen LogP contribution is -2.12. The smallest absolute Gasteiger partial charge is 0.123 e. The average molecular weight is 220 g/mol. The molecule has 2 nitrogen and oxygen atoms in total. The van der Waals surface area contributed by atoms with Crippen LogP contribution in [0.1, 0.15) is 18.0 Å². The molecule has 0 aliphatic carbocycles. The molecular formula is C10H15ClFNO. The zero-order valence-electron chi connectivity index (χ0n) is 8.07. The van der Waals surface area contributed by atoms with Crippen molar-refractivity contribution in [1.29, 1.82) is 0 Å². The van der Waals surface area contributed by atoms with Crippen LogP contribution in [0.2, 0.25) is 0 Å². The second-order valence-corrected chi connectivity index (χ2v) is 2.83. The summed E-state index contributed by atoms with van der Waals surface area (Å²) in [5.74, 6) is 0.725. The first kappa shape index (κ1) is 13.2. The van der Waals surface area contributed by atoms with Gasteiger partial charge in [-0.1, -0.05) is 18.2 Å². The minimum absolute atomic E-state index is 0. The van der Waals surface area contributed by atoms with Gasteiger partial charge >= 0.3 is 0 Å². The molecule has 1 atom stereocenters. The zero-order chi connectivity index (χ0) is 9.68. The van der Waals surface area contributed by atoms with Crippen molar-refractivity contribution in [2.75, 3.05) is 13.8 Å². The second-order valence-electron chi connectivity index (χ2n) is 2.83. The highest BCUT2D eigenvalue weighted by Gasteiger charge is 2.10. The van der Waals surface area contributed by atoms with Crippen molar-refractivity contribution in [3.8, 4) is 5.75 Å². The van der Waals surface area contributed by atoms with Gasteiger partial charge in [-0.3, -0.25) is 4.39 Å². The van der Waals surface area contributed by atoms with E-state index >= 15 is 0 Å². The van der Waals surface area contributed by atoms with Crippen LogP contribution in [0.5, 0.6) is 5.75 Å². The van der Waals surface area contributed by atoms with Gasteiger partial charge in [0.15, 0.2) is 0 Å². The Morgan fingerprint density at radius 2 is 2.07 bits per heavy atom. The fraction of sp³-hybridized carbons (Fsp3) is 0.400. The summed E-state index contributed by atoms with van der Waals surface area (Å²) in [6.07, 6.45) is 0.334. The quantitative estimate of drug-likeness (QED) is 0.845. The summed E-state index contributed by atoms with van der Waals surface area (Å²) >= 11 is 0. The van der Waals surface area contributed by atoms with Gasteiger partial charge in [0.05, 0.1) is 13.8 Å². The Bertz CT molecular complexity index is 270. The molecule has 0 unspecified atom stereocenters. The first-order chi connectivity index (χ1) is 6.29. The van der Waals surface area contributed by atoms with Crippen LogP contribution in [-0.2, 0) is 0 Å². The molecule has 0 saturated heterocycles. The van der Waals surface area contributed by atoms with E-state index in [2.05, 4.69) is 0 Å². The van der Waals surface area contributed by atoms with Crippen molar-refractivity contribution in [2.45, 2.75) is 12.5 Å². The van der Waals surface area contributed by atoms with Crippen LogP contribution in [0.15, 0.2) is 24.3 Å². The van der Waals surface area contributed by atoms with Crippen molar-refractivity contribution in [3.63, 3.8) is 0 Å². The standard InChI is InChI=1S/C10H14FNO.ClH/c1-13-10-5-3-2-4-8(10)9(12)6-7-11;/h2-5,9H,6-7,12H2,1H3;1H/t9-;/m0./s1. The molecule has 1 aromatic rings. The van der Waals surface area contributed by atoms with Crippen LogP contribution in [0, 0.1) is 0 Å². The highest BCUT2D eigenvalue weighted by atomic mass is 35.5. The highest BCUT2D eigenvalue weighted by molar-refractivity contribution is 5.85. The number of nitrogens with two attached hydrogens (primary N) is 1. The Morgan fingerprint density at radius 1 is 1.43 bits per heavy atom. The van der Waals surface area contributed by atoms with Gasteiger partial charge < -0.3 is 10.5 Å². The third-order valence-corrected chi connectivity index (χ3v) is 1.96. The molecule has 2 N–H and O–H groups in total. The number of hydrogen-bond donors (Lipinski definition) is 1. The average Bonchev–Trinajstić information content (AvgIpc) is 2.18. The van der Waals surface area contributed by atoms with Crippen LogP contribution in [-0.4, -0.2) is 13.8 Å². The lowest BCUT2D eigenvalue weighted by molar-refractivity contribution is 0.395. The highest BCUT2D eigenvalue weighted by Crippen LogP contribution is 2.24. The van der Waals surface area contributed by atoms with Gasteiger partial charge in [-0.15, -0.1) is 12.4 Å². The van der Waals surface area contributed by atoms with Crippen LogP contribution in [0.3, 0.4) is 0 Å². The lowest BCUT2D eigenvalue weighted by atomic mass is 10.0.